The first-order valence-corrected chi connectivity index (χ1v) is 5.47. The molecule has 16 heavy (non-hydrogen) atoms. The van der Waals surface area contributed by atoms with Gasteiger partial charge in [-0.3, -0.25) is 4.79 Å². The predicted molar refractivity (Wildman–Crippen MR) is 64.5 cm³/mol. The lowest BCUT2D eigenvalue weighted by Crippen LogP contribution is -2.24. The number of hydrogen-bond donors (Lipinski definition) is 3. The number of aliphatic hydroxyl groups excluding tert-OH is 1. The number of carbonyl (C=O) groups excluding carboxylic acids is 1. The maximum atomic E-state index is 11.6. The molecule has 0 aromatic heterocycles. The van der Waals surface area contributed by atoms with E-state index in [2.05, 4.69) is 5.32 Å². The second-order valence-corrected chi connectivity index (χ2v) is 3.83. The topological polar surface area (TPSA) is 75.4 Å². The molecule has 1 amide bonds. The molecule has 0 radical (unpaired) electrons. The predicted octanol–water partition coefficient (Wildman–Crippen LogP) is 1.42. The number of amides is 1. The number of anilines is 1. The third-order valence-electron chi connectivity index (χ3n) is 2.11. The van der Waals surface area contributed by atoms with Gasteiger partial charge in [0.15, 0.2) is 0 Å². The number of rotatable bonds is 5. The summed E-state index contributed by atoms with van der Waals surface area (Å²) in [5.74, 6) is -0.220. The van der Waals surface area contributed by atoms with Crippen LogP contribution in [0.25, 0.3) is 0 Å². The molecule has 0 unspecified atom stereocenters. The molecule has 0 aliphatic heterocycles. The number of nitrogens with two attached hydrogens (primary N) is 1. The van der Waals surface area contributed by atoms with E-state index in [0.717, 1.165) is 6.42 Å². The minimum Gasteiger partial charge on any atom is -0.399 e. The number of hydrogen-bond acceptors (Lipinski definition) is 3. The highest BCUT2D eigenvalue weighted by Crippen LogP contribution is 2.18. The Morgan fingerprint density at radius 2 is 2.19 bits per heavy atom. The Balaban J connectivity index is 2.53. The molecule has 4 N–H and O–H groups in total. The molecule has 0 fully saturated rings. The number of nitrogen functional groups attached to an aromatic ring is 1. The second-order valence-electron chi connectivity index (χ2n) is 3.43. The maximum Gasteiger partial charge on any atom is 0.252 e. The summed E-state index contributed by atoms with van der Waals surface area (Å²) in [7, 11) is 0. The Bertz CT molecular complexity index is 369. The van der Waals surface area contributed by atoms with Crippen LogP contribution in [0.5, 0.6) is 0 Å². The number of carbonyl (C=O) groups is 1. The maximum absolute atomic E-state index is 11.6. The molecule has 1 aromatic carbocycles. The van der Waals surface area contributed by atoms with E-state index >= 15 is 0 Å². The lowest BCUT2D eigenvalue weighted by atomic mass is 10.2. The molecule has 0 aliphatic rings. The van der Waals surface area contributed by atoms with E-state index < -0.39 is 0 Å². The monoisotopic (exact) mass is 242 g/mol. The van der Waals surface area contributed by atoms with Gasteiger partial charge in [-0.15, -0.1) is 0 Å². The van der Waals surface area contributed by atoms with Gasteiger partial charge in [0.1, 0.15) is 0 Å². The van der Waals surface area contributed by atoms with Crippen LogP contribution >= 0.6 is 11.6 Å². The summed E-state index contributed by atoms with van der Waals surface area (Å²) in [5.41, 5.74) is 6.47. The smallest absolute Gasteiger partial charge is 0.252 e. The molecule has 88 valence electrons. The molecular formula is C11H15ClN2O2. The van der Waals surface area contributed by atoms with Crippen LogP contribution in [0.1, 0.15) is 23.2 Å². The molecule has 0 saturated heterocycles. The fraction of sp³-hybridized carbons (Fsp3) is 0.364. The summed E-state index contributed by atoms with van der Waals surface area (Å²) in [6.45, 7) is 0.665. The zero-order chi connectivity index (χ0) is 12.0. The Kier molecular flexibility index (Phi) is 5.08. The fourth-order valence-corrected chi connectivity index (χ4v) is 1.52. The highest BCUT2D eigenvalue weighted by molar-refractivity contribution is 6.34. The van der Waals surface area contributed by atoms with Crippen LogP contribution in [-0.2, 0) is 0 Å². The van der Waals surface area contributed by atoms with E-state index in [1.807, 2.05) is 0 Å². The molecule has 0 saturated carbocycles. The van der Waals surface area contributed by atoms with Gasteiger partial charge in [0.05, 0.1) is 10.6 Å². The Morgan fingerprint density at radius 3 is 2.81 bits per heavy atom. The average Bonchev–Trinajstić information content (AvgIpc) is 2.24. The Labute approximate surface area is 99.4 Å². The molecule has 0 atom stereocenters. The Hall–Kier alpha value is -1.26. The van der Waals surface area contributed by atoms with Gasteiger partial charge < -0.3 is 16.2 Å². The van der Waals surface area contributed by atoms with E-state index in [-0.39, 0.29) is 12.5 Å². The summed E-state index contributed by atoms with van der Waals surface area (Å²) >= 11 is 5.88. The number of halogens is 1. The van der Waals surface area contributed by atoms with Gasteiger partial charge >= 0.3 is 0 Å². The summed E-state index contributed by atoms with van der Waals surface area (Å²) in [6, 6.07) is 4.78. The molecule has 4 nitrogen and oxygen atoms in total. The Morgan fingerprint density at radius 1 is 1.44 bits per heavy atom. The van der Waals surface area contributed by atoms with Gasteiger partial charge in [0.25, 0.3) is 5.91 Å². The largest absolute Gasteiger partial charge is 0.399 e. The summed E-state index contributed by atoms with van der Waals surface area (Å²) < 4.78 is 0. The molecule has 0 spiro atoms. The molecule has 0 aliphatic carbocycles. The first-order valence-electron chi connectivity index (χ1n) is 5.09. The summed E-state index contributed by atoms with van der Waals surface area (Å²) in [4.78, 5) is 11.6. The number of unbranched alkanes of at least 4 members (excludes halogenated alkanes) is 1. The average molecular weight is 243 g/mol. The van der Waals surface area contributed by atoms with Crippen LogP contribution in [0, 0.1) is 0 Å². The molecule has 0 heterocycles. The van der Waals surface area contributed by atoms with Gasteiger partial charge in [-0.2, -0.15) is 0 Å². The minimum absolute atomic E-state index is 0.137. The van der Waals surface area contributed by atoms with E-state index in [1.54, 1.807) is 18.2 Å². The van der Waals surface area contributed by atoms with Crippen molar-refractivity contribution in [2.45, 2.75) is 12.8 Å². The first kappa shape index (κ1) is 12.8. The lowest BCUT2D eigenvalue weighted by molar-refractivity contribution is 0.0952. The first-order chi connectivity index (χ1) is 7.65. The van der Waals surface area contributed by atoms with Crippen molar-refractivity contribution in [3.05, 3.63) is 28.8 Å². The third kappa shape index (κ3) is 3.72. The van der Waals surface area contributed by atoms with Crippen LogP contribution in [0.2, 0.25) is 5.02 Å². The molecular weight excluding hydrogens is 228 g/mol. The lowest BCUT2D eigenvalue weighted by Gasteiger charge is -2.06. The van der Waals surface area contributed by atoms with Crippen LogP contribution in [-0.4, -0.2) is 24.2 Å². The zero-order valence-corrected chi connectivity index (χ0v) is 9.63. The van der Waals surface area contributed by atoms with E-state index in [4.69, 9.17) is 22.4 Å². The molecule has 0 bridgehead atoms. The second kappa shape index (κ2) is 6.35. The highest BCUT2D eigenvalue weighted by atomic mass is 35.5. The SMILES string of the molecule is Nc1ccc(C(=O)NCCCCO)c(Cl)c1. The number of aliphatic hydroxyl groups is 1. The van der Waals surface area contributed by atoms with E-state index in [0.29, 0.717) is 29.2 Å². The van der Waals surface area contributed by atoms with Gasteiger partial charge in [0, 0.05) is 18.8 Å². The quantitative estimate of drug-likeness (QED) is 0.540. The van der Waals surface area contributed by atoms with Crippen molar-refractivity contribution in [1.82, 2.24) is 5.32 Å². The van der Waals surface area contributed by atoms with Crippen LogP contribution in [0.15, 0.2) is 18.2 Å². The van der Waals surface area contributed by atoms with Gasteiger partial charge in [-0.25, -0.2) is 0 Å². The normalized spacial score (nSPS) is 10.1. The van der Waals surface area contributed by atoms with Crippen molar-refractivity contribution in [3.63, 3.8) is 0 Å². The summed E-state index contributed by atoms with van der Waals surface area (Å²) in [5, 5.41) is 11.6. The molecule has 1 aromatic rings. The van der Waals surface area contributed by atoms with E-state index in [1.165, 1.54) is 0 Å². The van der Waals surface area contributed by atoms with E-state index in [9.17, 15) is 4.79 Å². The van der Waals surface area contributed by atoms with Crippen molar-refractivity contribution in [3.8, 4) is 0 Å². The van der Waals surface area contributed by atoms with Crippen LogP contribution in [0.4, 0.5) is 5.69 Å². The van der Waals surface area contributed by atoms with Gasteiger partial charge in [0.2, 0.25) is 0 Å². The highest BCUT2D eigenvalue weighted by Gasteiger charge is 2.09. The molecule has 5 heteroatoms. The number of nitrogens with one attached hydrogen (secondary N) is 1. The third-order valence-corrected chi connectivity index (χ3v) is 2.42. The standard InChI is InChI=1S/C11H15ClN2O2/c12-10-7-8(13)3-4-9(10)11(16)14-5-1-2-6-15/h3-4,7,15H,1-2,5-6,13H2,(H,14,16). The summed E-state index contributed by atoms with van der Waals surface area (Å²) in [6.07, 6.45) is 1.42. The fourth-order valence-electron chi connectivity index (χ4n) is 1.25. The van der Waals surface area contributed by atoms with Crippen molar-refractivity contribution < 1.29 is 9.90 Å². The van der Waals surface area contributed by atoms with Crippen molar-refractivity contribution in [2.75, 3.05) is 18.9 Å². The van der Waals surface area contributed by atoms with Crippen molar-refractivity contribution in [1.29, 1.82) is 0 Å². The minimum atomic E-state index is -0.220. The van der Waals surface area contributed by atoms with Crippen LogP contribution in [0.3, 0.4) is 0 Å². The van der Waals surface area contributed by atoms with Crippen molar-refractivity contribution in [2.24, 2.45) is 0 Å². The van der Waals surface area contributed by atoms with Gasteiger partial charge in [-0.1, -0.05) is 11.6 Å². The molecule has 1 rings (SSSR count). The zero-order valence-electron chi connectivity index (χ0n) is 8.87. The number of benzene rings is 1. The van der Waals surface area contributed by atoms with Crippen molar-refractivity contribution >= 4 is 23.2 Å². The van der Waals surface area contributed by atoms with Crippen LogP contribution < -0.4 is 11.1 Å². The van der Waals surface area contributed by atoms with Gasteiger partial charge in [-0.05, 0) is 31.0 Å².